The summed E-state index contributed by atoms with van der Waals surface area (Å²) in [6.07, 6.45) is 0. The topological polar surface area (TPSA) is 40.5 Å². The average Bonchev–Trinajstić information content (AvgIpc) is 2.64. The van der Waals surface area contributed by atoms with Gasteiger partial charge in [0.25, 0.3) is 5.91 Å². The lowest BCUT2D eigenvalue weighted by Gasteiger charge is -2.37. The number of halogens is 2. The minimum absolute atomic E-state index is 0.0704. The Morgan fingerprint density at radius 2 is 1.85 bits per heavy atom. The molecule has 1 atom stereocenters. The van der Waals surface area contributed by atoms with Crippen LogP contribution in [0.3, 0.4) is 0 Å². The molecule has 0 aromatic heterocycles. The second-order valence-corrected chi connectivity index (χ2v) is 7.12. The Morgan fingerprint density at radius 3 is 2.62 bits per heavy atom. The van der Waals surface area contributed by atoms with Gasteiger partial charge in [-0.15, -0.1) is 0 Å². The molecular weight excluding hydrogens is 397 g/mol. The monoisotopic (exact) mass is 411 g/mol. The first-order valence-corrected chi connectivity index (χ1v) is 8.97. The minimum Gasteiger partial charge on any atom is -0.507 e. The first-order valence-electron chi connectivity index (χ1n) is 8.18. The number of benzene rings is 3. The zero-order chi connectivity index (χ0) is 18.4. The molecule has 0 aliphatic carbocycles. The highest BCUT2D eigenvalue weighted by molar-refractivity contribution is 9.10. The predicted molar refractivity (Wildman–Crippen MR) is 103 cm³/mol. The van der Waals surface area contributed by atoms with Gasteiger partial charge in [0.15, 0.2) is 0 Å². The molecule has 0 saturated carbocycles. The van der Waals surface area contributed by atoms with Crippen molar-refractivity contribution >= 4 is 27.5 Å². The van der Waals surface area contributed by atoms with E-state index < -0.39 is 0 Å². The van der Waals surface area contributed by atoms with Gasteiger partial charge in [0, 0.05) is 11.1 Å². The van der Waals surface area contributed by atoms with Crippen LogP contribution in [0, 0.1) is 5.82 Å². The quantitative estimate of drug-likeness (QED) is 0.559. The molecule has 0 fully saturated rings. The van der Waals surface area contributed by atoms with Crippen molar-refractivity contribution in [2.45, 2.75) is 13.0 Å². The number of nitrogens with zero attached hydrogens (tertiary/aromatic N) is 1. The third kappa shape index (κ3) is 2.59. The summed E-state index contributed by atoms with van der Waals surface area (Å²) >= 11 is 3.25. The van der Waals surface area contributed by atoms with Crippen LogP contribution in [0.15, 0.2) is 65.1 Å². The number of carbonyl (C=O) groups is 1. The molecule has 3 aromatic rings. The molecule has 0 radical (unpaired) electrons. The summed E-state index contributed by atoms with van der Waals surface area (Å²) in [4.78, 5) is 14.9. The second-order valence-electron chi connectivity index (χ2n) is 6.27. The van der Waals surface area contributed by atoms with E-state index in [1.165, 1.54) is 18.2 Å². The summed E-state index contributed by atoms with van der Waals surface area (Å²) in [7, 11) is 0. The number of fused-ring (bicyclic) bond motifs is 3. The zero-order valence-electron chi connectivity index (χ0n) is 13.9. The number of anilines is 1. The number of rotatable bonds is 1. The Bertz CT molecular complexity index is 1030. The first-order chi connectivity index (χ1) is 12.5. The Kier molecular flexibility index (Phi) is 4.04. The van der Waals surface area contributed by atoms with Crippen molar-refractivity contribution in [3.8, 4) is 16.9 Å². The number of phenolic OH excluding ortho intramolecular Hbond substituents is 1. The van der Waals surface area contributed by atoms with Crippen molar-refractivity contribution in [1.82, 2.24) is 0 Å². The fourth-order valence-corrected chi connectivity index (χ4v) is 3.83. The molecule has 3 nitrogen and oxygen atoms in total. The van der Waals surface area contributed by atoms with Crippen molar-refractivity contribution in [1.29, 1.82) is 0 Å². The molecule has 1 aliphatic rings. The third-order valence-electron chi connectivity index (χ3n) is 4.72. The SMILES string of the molecule is C[C@@H]1c2cc(F)ccc2-c2ccccc2N1C(=O)c1ccc(O)c(Br)c1. The van der Waals surface area contributed by atoms with E-state index in [9.17, 15) is 14.3 Å². The molecule has 3 aromatic carbocycles. The summed E-state index contributed by atoms with van der Waals surface area (Å²) in [6, 6.07) is 16.6. The van der Waals surface area contributed by atoms with E-state index in [4.69, 9.17) is 0 Å². The lowest BCUT2D eigenvalue weighted by atomic mass is 9.88. The number of hydrogen-bond donors (Lipinski definition) is 1. The predicted octanol–water partition coefficient (Wildman–Crippen LogP) is 5.68. The zero-order valence-corrected chi connectivity index (χ0v) is 15.5. The van der Waals surface area contributed by atoms with Crippen molar-refractivity contribution in [3.05, 3.63) is 82.1 Å². The van der Waals surface area contributed by atoms with E-state index in [1.54, 1.807) is 23.1 Å². The van der Waals surface area contributed by atoms with E-state index >= 15 is 0 Å². The molecule has 1 amide bonds. The number of aromatic hydroxyl groups is 1. The largest absolute Gasteiger partial charge is 0.507 e. The highest BCUT2D eigenvalue weighted by atomic mass is 79.9. The van der Waals surface area contributed by atoms with Gasteiger partial charge in [0.05, 0.1) is 16.2 Å². The van der Waals surface area contributed by atoms with Gasteiger partial charge in [-0.05, 0) is 70.4 Å². The van der Waals surface area contributed by atoms with Crippen LogP contribution in [0.4, 0.5) is 10.1 Å². The maximum Gasteiger partial charge on any atom is 0.258 e. The standard InChI is InChI=1S/C21H15BrFNO2/c1-12-17-11-14(23)7-8-15(17)16-4-2-3-5-19(16)24(12)21(26)13-6-9-20(25)18(22)10-13/h2-12,25H,1H3/t12-/m1/s1. The molecule has 1 N–H and O–H groups in total. The number of amides is 1. The highest BCUT2D eigenvalue weighted by Gasteiger charge is 2.33. The maximum absolute atomic E-state index is 13.9. The van der Waals surface area contributed by atoms with Gasteiger partial charge in [0.1, 0.15) is 11.6 Å². The highest BCUT2D eigenvalue weighted by Crippen LogP contribution is 2.45. The molecule has 0 unspecified atom stereocenters. The Morgan fingerprint density at radius 1 is 1.08 bits per heavy atom. The molecule has 0 spiro atoms. The molecule has 0 bridgehead atoms. The first kappa shape index (κ1) is 16.8. The van der Waals surface area contributed by atoms with Gasteiger partial charge < -0.3 is 10.0 Å². The van der Waals surface area contributed by atoms with E-state index in [1.807, 2.05) is 31.2 Å². The molecule has 130 valence electrons. The lowest BCUT2D eigenvalue weighted by Crippen LogP contribution is -2.36. The van der Waals surface area contributed by atoms with Gasteiger partial charge in [-0.25, -0.2) is 4.39 Å². The van der Waals surface area contributed by atoms with Crippen LogP contribution in [-0.2, 0) is 0 Å². The summed E-state index contributed by atoms with van der Waals surface area (Å²) in [5.41, 5.74) is 3.83. The van der Waals surface area contributed by atoms with Crippen LogP contribution in [0.2, 0.25) is 0 Å². The van der Waals surface area contributed by atoms with Crippen LogP contribution < -0.4 is 4.90 Å². The fourth-order valence-electron chi connectivity index (χ4n) is 3.45. The maximum atomic E-state index is 13.9. The van der Waals surface area contributed by atoms with E-state index in [0.717, 1.165) is 22.4 Å². The third-order valence-corrected chi connectivity index (χ3v) is 5.35. The molecular formula is C21H15BrFNO2. The van der Waals surface area contributed by atoms with Crippen LogP contribution in [0.25, 0.3) is 11.1 Å². The number of hydrogen-bond acceptors (Lipinski definition) is 2. The van der Waals surface area contributed by atoms with Crippen molar-refractivity contribution < 1.29 is 14.3 Å². The normalized spacial score (nSPS) is 15.3. The van der Waals surface area contributed by atoms with Crippen LogP contribution in [-0.4, -0.2) is 11.0 Å². The van der Waals surface area contributed by atoms with Gasteiger partial charge in [-0.1, -0.05) is 24.3 Å². The Hall–Kier alpha value is -2.66. The molecule has 1 heterocycles. The lowest BCUT2D eigenvalue weighted by molar-refractivity contribution is 0.0977. The average molecular weight is 412 g/mol. The van der Waals surface area contributed by atoms with Crippen LogP contribution >= 0.6 is 15.9 Å². The van der Waals surface area contributed by atoms with Gasteiger partial charge >= 0.3 is 0 Å². The van der Waals surface area contributed by atoms with Crippen molar-refractivity contribution in [2.75, 3.05) is 4.90 Å². The summed E-state index contributed by atoms with van der Waals surface area (Å²) in [6.45, 7) is 1.89. The van der Waals surface area contributed by atoms with E-state index in [2.05, 4.69) is 15.9 Å². The molecule has 1 aliphatic heterocycles. The van der Waals surface area contributed by atoms with E-state index in [0.29, 0.717) is 10.0 Å². The molecule has 5 heteroatoms. The summed E-state index contributed by atoms with van der Waals surface area (Å²) < 4.78 is 14.3. The summed E-state index contributed by atoms with van der Waals surface area (Å²) in [5.74, 6) is -0.462. The fraction of sp³-hybridized carbons (Fsp3) is 0.0952. The van der Waals surface area contributed by atoms with Crippen LogP contribution in [0.5, 0.6) is 5.75 Å². The molecule has 4 rings (SSSR count). The number of carbonyl (C=O) groups excluding carboxylic acids is 1. The molecule has 0 saturated heterocycles. The van der Waals surface area contributed by atoms with E-state index in [-0.39, 0.29) is 23.5 Å². The molecule has 26 heavy (non-hydrogen) atoms. The van der Waals surface area contributed by atoms with Crippen molar-refractivity contribution in [3.63, 3.8) is 0 Å². The summed E-state index contributed by atoms with van der Waals surface area (Å²) in [5, 5.41) is 9.69. The smallest absolute Gasteiger partial charge is 0.258 e. The minimum atomic E-state index is -0.324. The number of phenols is 1. The Labute approximate surface area is 158 Å². The second kappa shape index (κ2) is 6.25. The van der Waals surface area contributed by atoms with Gasteiger partial charge in [0.2, 0.25) is 0 Å². The van der Waals surface area contributed by atoms with Gasteiger partial charge in [-0.3, -0.25) is 4.79 Å². The van der Waals surface area contributed by atoms with Gasteiger partial charge in [-0.2, -0.15) is 0 Å². The Balaban J connectivity index is 1.88. The van der Waals surface area contributed by atoms with Crippen LogP contribution in [0.1, 0.15) is 28.9 Å². The number of para-hydroxylation sites is 1. The van der Waals surface area contributed by atoms with Crippen molar-refractivity contribution in [2.24, 2.45) is 0 Å².